The first-order valence-electron chi connectivity index (χ1n) is 5.80. The first kappa shape index (κ1) is 15.1. The Balaban J connectivity index is 2.53. The molecule has 0 saturated carbocycles. The van der Waals surface area contributed by atoms with Gasteiger partial charge in [-0.05, 0) is 24.5 Å². The number of anilines is 1. The van der Waals surface area contributed by atoms with Gasteiger partial charge in [0.1, 0.15) is 5.82 Å². The number of alkyl halides is 4. The van der Waals surface area contributed by atoms with Crippen LogP contribution in [0.15, 0.2) is 18.3 Å². The van der Waals surface area contributed by atoms with E-state index in [9.17, 15) is 13.2 Å². The minimum absolute atomic E-state index is 0.409. The molecule has 1 atom stereocenters. The average Bonchev–Trinajstić information content (AvgIpc) is 2.34. The summed E-state index contributed by atoms with van der Waals surface area (Å²) >= 11 is 5.66. The van der Waals surface area contributed by atoms with Crippen LogP contribution in [0.1, 0.15) is 25.3 Å². The molecule has 0 spiro atoms. The average molecular weight is 281 g/mol. The van der Waals surface area contributed by atoms with E-state index in [1.165, 1.54) is 6.07 Å². The third kappa shape index (κ3) is 4.72. The van der Waals surface area contributed by atoms with Crippen LogP contribution < -0.4 is 5.32 Å². The molecule has 102 valence electrons. The van der Waals surface area contributed by atoms with Crippen LogP contribution in [-0.4, -0.2) is 17.4 Å². The highest BCUT2D eigenvalue weighted by Gasteiger charge is 2.30. The SMILES string of the molecule is CCC(CCCl)CNc1ccc(C(F)(F)F)cn1. The van der Waals surface area contributed by atoms with E-state index < -0.39 is 11.7 Å². The molecule has 0 amide bonds. The zero-order valence-electron chi connectivity index (χ0n) is 10.1. The molecular formula is C12H16ClF3N2. The Kier molecular flexibility index (Phi) is 5.72. The van der Waals surface area contributed by atoms with Crippen molar-refractivity contribution in [3.05, 3.63) is 23.9 Å². The highest BCUT2D eigenvalue weighted by Crippen LogP contribution is 2.28. The van der Waals surface area contributed by atoms with Gasteiger partial charge in [0, 0.05) is 18.6 Å². The van der Waals surface area contributed by atoms with Gasteiger partial charge in [0.15, 0.2) is 0 Å². The van der Waals surface area contributed by atoms with Gasteiger partial charge in [0.2, 0.25) is 0 Å². The second-order valence-corrected chi connectivity index (χ2v) is 4.44. The zero-order valence-corrected chi connectivity index (χ0v) is 10.9. The van der Waals surface area contributed by atoms with Crippen LogP contribution >= 0.6 is 11.6 Å². The van der Waals surface area contributed by atoms with Crippen molar-refractivity contribution in [2.45, 2.75) is 25.9 Å². The van der Waals surface area contributed by atoms with Gasteiger partial charge in [-0.2, -0.15) is 13.2 Å². The third-order valence-corrected chi connectivity index (χ3v) is 2.98. The number of aromatic nitrogens is 1. The maximum absolute atomic E-state index is 12.3. The highest BCUT2D eigenvalue weighted by atomic mass is 35.5. The maximum atomic E-state index is 12.3. The summed E-state index contributed by atoms with van der Waals surface area (Å²) in [5.74, 6) is 1.45. The third-order valence-electron chi connectivity index (χ3n) is 2.76. The minimum Gasteiger partial charge on any atom is -0.370 e. The highest BCUT2D eigenvalue weighted by molar-refractivity contribution is 6.17. The molecule has 1 N–H and O–H groups in total. The van der Waals surface area contributed by atoms with E-state index >= 15 is 0 Å². The molecule has 0 aliphatic heterocycles. The molecule has 0 bridgehead atoms. The lowest BCUT2D eigenvalue weighted by molar-refractivity contribution is -0.137. The monoisotopic (exact) mass is 280 g/mol. The molecule has 2 nitrogen and oxygen atoms in total. The number of nitrogens with zero attached hydrogens (tertiary/aromatic N) is 1. The fraction of sp³-hybridized carbons (Fsp3) is 0.583. The van der Waals surface area contributed by atoms with Crippen LogP contribution in [0, 0.1) is 5.92 Å². The molecule has 1 aromatic heterocycles. The molecule has 1 aromatic rings. The Hall–Kier alpha value is -0.970. The van der Waals surface area contributed by atoms with Gasteiger partial charge in [-0.3, -0.25) is 0 Å². The fourth-order valence-electron chi connectivity index (χ4n) is 1.52. The summed E-state index contributed by atoms with van der Waals surface area (Å²) in [4.78, 5) is 3.75. The molecule has 0 fully saturated rings. The molecule has 0 aromatic carbocycles. The van der Waals surface area contributed by atoms with Gasteiger partial charge >= 0.3 is 6.18 Å². The van der Waals surface area contributed by atoms with E-state index in [1.807, 2.05) is 0 Å². The molecule has 1 rings (SSSR count). The lowest BCUT2D eigenvalue weighted by atomic mass is 10.0. The Bertz CT molecular complexity index is 351. The van der Waals surface area contributed by atoms with Gasteiger partial charge in [0.05, 0.1) is 5.56 Å². The molecule has 18 heavy (non-hydrogen) atoms. The zero-order chi connectivity index (χ0) is 13.6. The second-order valence-electron chi connectivity index (χ2n) is 4.06. The number of hydrogen-bond acceptors (Lipinski definition) is 2. The van der Waals surface area contributed by atoms with Gasteiger partial charge in [0.25, 0.3) is 0 Å². The summed E-state index contributed by atoms with van der Waals surface area (Å²) in [6, 6.07) is 2.37. The van der Waals surface area contributed by atoms with Gasteiger partial charge < -0.3 is 5.32 Å². The number of nitrogens with one attached hydrogen (secondary N) is 1. The van der Waals surface area contributed by atoms with Crippen molar-refractivity contribution in [2.24, 2.45) is 5.92 Å². The largest absolute Gasteiger partial charge is 0.417 e. The van der Waals surface area contributed by atoms with Gasteiger partial charge in [-0.15, -0.1) is 11.6 Å². The number of pyridine rings is 1. The first-order valence-corrected chi connectivity index (χ1v) is 6.34. The van der Waals surface area contributed by atoms with Crippen LogP contribution in [0.3, 0.4) is 0 Å². The predicted octanol–water partition coefficient (Wildman–Crippen LogP) is 4.17. The fourth-order valence-corrected chi connectivity index (χ4v) is 1.83. The van der Waals surface area contributed by atoms with Crippen LogP contribution in [0.25, 0.3) is 0 Å². The maximum Gasteiger partial charge on any atom is 0.417 e. The summed E-state index contributed by atoms with van der Waals surface area (Å²) in [5.41, 5.74) is -0.735. The Morgan fingerprint density at radius 3 is 2.56 bits per heavy atom. The molecular weight excluding hydrogens is 265 g/mol. The summed E-state index contributed by atoms with van der Waals surface area (Å²) in [6.45, 7) is 2.72. The predicted molar refractivity (Wildman–Crippen MR) is 66.8 cm³/mol. The molecule has 0 aliphatic rings. The number of hydrogen-bond donors (Lipinski definition) is 1. The van der Waals surface area contributed by atoms with E-state index in [2.05, 4.69) is 17.2 Å². The molecule has 1 heterocycles. The smallest absolute Gasteiger partial charge is 0.370 e. The molecule has 0 radical (unpaired) electrons. The lowest BCUT2D eigenvalue weighted by Crippen LogP contribution is -2.15. The van der Waals surface area contributed by atoms with E-state index in [0.29, 0.717) is 24.2 Å². The van der Waals surface area contributed by atoms with Crippen molar-refractivity contribution in [1.82, 2.24) is 4.98 Å². The van der Waals surface area contributed by atoms with Crippen molar-refractivity contribution in [3.8, 4) is 0 Å². The van der Waals surface area contributed by atoms with Gasteiger partial charge in [-0.1, -0.05) is 13.3 Å². The first-order chi connectivity index (χ1) is 8.47. The minimum atomic E-state index is -4.34. The van der Waals surface area contributed by atoms with Crippen LogP contribution in [0.5, 0.6) is 0 Å². The van der Waals surface area contributed by atoms with Crippen molar-refractivity contribution in [2.75, 3.05) is 17.7 Å². The standard InChI is InChI=1S/C12H16ClF3N2/c1-2-9(5-6-13)7-17-11-4-3-10(8-18-11)12(14,15)16/h3-4,8-9H,2,5-7H2,1H3,(H,17,18). The summed E-state index contributed by atoms with van der Waals surface area (Å²) in [6.07, 6.45) is -1.65. The second kappa shape index (κ2) is 6.83. The Labute approximate surface area is 110 Å². The van der Waals surface area contributed by atoms with E-state index in [4.69, 9.17) is 11.6 Å². The molecule has 1 unspecified atom stereocenters. The van der Waals surface area contributed by atoms with E-state index in [1.54, 1.807) is 0 Å². The summed E-state index contributed by atoms with van der Waals surface area (Å²) < 4.78 is 36.9. The van der Waals surface area contributed by atoms with E-state index in [0.717, 1.165) is 25.1 Å². The number of rotatable bonds is 6. The Morgan fingerprint density at radius 2 is 2.11 bits per heavy atom. The molecule has 6 heteroatoms. The Morgan fingerprint density at radius 1 is 1.39 bits per heavy atom. The van der Waals surface area contributed by atoms with Crippen LogP contribution in [0.2, 0.25) is 0 Å². The summed E-state index contributed by atoms with van der Waals surface area (Å²) in [5, 5.41) is 3.02. The van der Waals surface area contributed by atoms with E-state index in [-0.39, 0.29) is 0 Å². The topological polar surface area (TPSA) is 24.9 Å². The van der Waals surface area contributed by atoms with Crippen molar-refractivity contribution in [1.29, 1.82) is 0 Å². The van der Waals surface area contributed by atoms with Crippen molar-refractivity contribution in [3.63, 3.8) is 0 Å². The summed E-state index contributed by atoms with van der Waals surface area (Å²) in [7, 11) is 0. The normalized spacial score (nSPS) is 13.4. The molecule has 0 aliphatic carbocycles. The van der Waals surface area contributed by atoms with Crippen molar-refractivity contribution < 1.29 is 13.2 Å². The van der Waals surface area contributed by atoms with Crippen LogP contribution in [0.4, 0.5) is 19.0 Å². The number of halogens is 4. The van der Waals surface area contributed by atoms with Crippen molar-refractivity contribution >= 4 is 17.4 Å². The quantitative estimate of drug-likeness (QED) is 0.791. The lowest BCUT2D eigenvalue weighted by Gasteiger charge is -2.15. The van der Waals surface area contributed by atoms with Gasteiger partial charge in [-0.25, -0.2) is 4.98 Å². The van der Waals surface area contributed by atoms with Crippen LogP contribution in [-0.2, 0) is 6.18 Å². The molecule has 0 saturated heterocycles.